The molecule has 0 bridgehead atoms. The lowest BCUT2D eigenvalue weighted by Gasteiger charge is -2.09. The van der Waals surface area contributed by atoms with Gasteiger partial charge in [0.2, 0.25) is 0 Å². The Labute approximate surface area is 100 Å². The fourth-order valence-electron chi connectivity index (χ4n) is 1.79. The zero-order valence-electron chi connectivity index (χ0n) is 9.82. The van der Waals surface area contributed by atoms with E-state index < -0.39 is 0 Å². The molecule has 2 rings (SSSR count). The maximum absolute atomic E-state index is 13.5. The minimum absolute atomic E-state index is 0.217. The second-order valence-corrected chi connectivity index (χ2v) is 4.06. The summed E-state index contributed by atoms with van der Waals surface area (Å²) in [5.41, 5.74) is 6.62. The maximum atomic E-state index is 13.5. The summed E-state index contributed by atoms with van der Waals surface area (Å²) in [6, 6.07) is 10.2. The topological polar surface area (TPSA) is 39.2 Å². The number of rotatable bonds is 4. The van der Waals surface area contributed by atoms with E-state index in [1.165, 1.54) is 6.07 Å². The summed E-state index contributed by atoms with van der Waals surface area (Å²) in [7, 11) is 0. The third kappa shape index (κ3) is 2.74. The van der Waals surface area contributed by atoms with Crippen molar-refractivity contribution in [3.05, 3.63) is 59.3 Å². The predicted molar refractivity (Wildman–Crippen MR) is 65.1 cm³/mol. The molecule has 90 valence electrons. The van der Waals surface area contributed by atoms with Gasteiger partial charge in [-0.25, -0.2) is 4.39 Å². The smallest absolute Gasteiger partial charge is 0.126 e. The van der Waals surface area contributed by atoms with Gasteiger partial charge in [0.05, 0.1) is 6.04 Å². The van der Waals surface area contributed by atoms with E-state index in [1.807, 2.05) is 25.1 Å². The molecule has 17 heavy (non-hydrogen) atoms. The van der Waals surface area contributed by atoms with Gasteiger partial charge in [0, 0.05) is 6.42 Å². The molecule has 2 N–H and O–H groups in total. The van der Waals surface area contributed by atoms with Crippen molar-refractivity contribution in [2.45, 2.75) is 25.8 Å². The monoisotopic (exact) mass is 233 g/mol. The van der Waals surface area contributed by atoms with Crippen molar-refractivity contribution in [1.29, 1.82) is 0 Å². The third-order valence-electron chi connectivity index (χ3n) is 2.79. The lowest BCUT2D eigenvalue weighted by Crippen LogP contribution is -2.13. The highest BCUT2D eigenvalue weighted by Gasteiger charge is 2.13. The SMILES string of the molecule is CCc1ccc(C(N)Cc2ccccc2F)o1. The number of hydrogen-bond acceptors (Lipinski definition) is 2. The predicted octanol–water partition coefficient (Wildman–Crippen LogP) is 3.22. The van der Waals surface area contributed by atoms with Crippen molar-refractivity contribution in [2.75, 3.05) is 0 Å². The van der Waals surface area contributed by atoms with Crippen LogP contribution in [0.15, 0.2) is 40.8 Å². The highest BCUT2D eigenvalue weighted by molar-refractivity contribution is 5.21. The first kappa shape index (κ1) is 11.9. The van der Waals surface area contributed by atoms with Gasteiger partial charge < -0.3 is 10.2 Å². The molecule has 0 radical (unpaired) electrons. The van der Waals surface area contributed by atoms with Gasteiger partial charge in [-0.1, -0.05) is 25.1 Å². The zero-order valence-corrected chi connectivity index (χ0v) is 9.82. The molecule has 0 amide bonds. The highest BCUT2D eigenvalue weighted by atomic mass is 19.1. The molecule has 1 aromatic heterocycles. The Morgan fingerprint density at radius 3 is 2.65 bits per heavy atom. The summed E-state index contributed by atoms with van der Waals surface area (Å²) in [6.07, 6.45) is 1.29. The van der Waals surface area contributed by atoms with Crippen LogP contribution < -0.4 is 5.73 Å². The highest BCUT2D eigenvalue weighted by Crippen LogP contribution is 2.20. The van der Waals surface area contributed by atoms with Crippen LogP contribution in [0.3, 0.4) is 0 Å². The van der Waals surface area contributed by atoms with Crippen LogP contribution in [-0.4, -0.2) is 0 Å². The summed E-state index contributed by atoms with van der Waals surface area (Å²) in [4.78, 5) is 0. The van der Waals surface area contributed by atoms with Crippen molar-refractivity contribution in [2.24, 2.45) is 5.73 Å². The number of halogens is 1. The molecule has 0 saturated carbocycles. The summed E-state index contributed by atoms with van der Waals surface area (Å²) in [5, 5.41) is 0. The van der Waals surface area contributed by atoms with Gasteiger partial charge in [0.1, 0.15) is 17.3 Å². The van der Waals surface area contributed by atoms with Gasteiger partial charge in [0.25, 0.3) is 0 Å². The molecule has 1 atom stereocenters. The van der Waals surface area contributed by atoms with Gasteiger partial charge in [-0.2, -0.15) is 0 Å². The summed E-state index contributed by atoms with van der Waals surface area (Å²) < 4.78 is 19.0. The molecule has 0 aliphatic heterocycles. The summed E-state index contributed by atoms with van der Waals surface area (Å²) >= 11 is 0. The van der Waals surface area contributed by atoms with Crippen LogP contribution in [0.5, 0.6) is 0 Å². The summed E-state index contributed by atoms with van der Waals surface area (Å²) in [6.45, 7) is 2.02. The molecule has 3 heteroatoms. The van der Waals surface area contributed by atoms with Crippen molar-refractivity contribution < 1.29 is 8.81 Å². The molecule has 0 aliphatic carbocycles. The van der Waals surface area contributed by atoms with E-state index in [2.05, 4.69) is 0 Å². The lowest BCUT2D eigenvalue weighted by atomic mass is 10.0. The van der Waals surface area contributed by atoms with Crippen LogP contribution in [-0.2, 0) is 12.8 Å². The van der Waals surface area contributed by atoms with E-state index in [-0.39, 0.29) is 11.9 Å². The van der Waals surface area contributed by atoms with Crippen LogP contribution in [0.25, 0.3) is 0 Å². The Bertz CT molecular complexity index is 492. The molecular formula is C14H16FNO. The Morgan fingerprint density at radius 2 is 2.00 bits per heavy atom. The van der Waals surface area contributed by atoms with E-state index in [0.29, 0.717) is 17.7 Å². The van der Waals surface area contributed by atoms with Crippen molar-refractivity contribution in [3.63, 3.8) is 0 Å². The minimum atomic E-state index is -0.299. The molecule has 0 fully saturated rings. The third-order valence-corrected chi connectivity index (χ3v) is 2.79. The average Bonchev–Trinajstić information content (AvgIpc) is 2.81. The van der Waals surface area contributed by atoms with Gasteiger partial charge in [-0.3, -0.25) is 0 Å². The quantitative estimate of drug-likeness (QED) is 0.880. The van der Waals surface area contributed by atoms with Crippen molar-refractivity contribution >= 4 is 0 Å². The molecule has 2 nitrogen and oxygen atoms in total. The Kier molecular flexibility index (Phi) is 3.59. The second-order valence-electron chi connectivity index (χ2n) is 4.06. The Balaban J connectivity index is 2.11. The molecule has 1 heterocycles. The van der Waals surface area contributed by atoms with Crippen LogP contribution in [0.4, 0.5) is 4.39 Å². The molecular weight excluding hydrogens is 217 g/mol. The summed E-state index contributed by atoms with van der Waals surface area (Å²) in [5.74, 6) is 1.40. The van der Waals surface area contributed by atoms with Crippen molar-refractivity contribution in [1.82, 2.24) is 0 Å². The van der Waals surface area contributed by atoms with Crippen molar-refractivity contribution in [3.8, 4) is 0 Å². The molecule has 0 aliphatic rings. The molecule has 2 aromatic rings. The van der Waals surface area contributed by atoms with Gasteiger partial charge in [-0.05, 0) is 30.2 Å². The molecule has 0 saturated heterocycles. The first-order valence-corrected chi connectivity index (χ1v) is 5.78. The van der Waals surface area contributed by atoms with Gasteiger partial charge in [-0.15, -0.1) is 0 Å². The molecule has 1 unspecified atom stereocenters. The van der Waals surface area contributed by atoms with E-state index in [4.69, 9.17) is 10.2 Å². The number of benzene rings is 1. The minimum Gasteiger partial charge on any atom is -0.464 e. The van der Waals surface area contributed by atoms with Crippen LogP contribution in [0.2, 0.25) is 0 Å². The van der Waals surface area contributed by atoms with Gasteiger partial charge in [0.15, 0.2) is 0 Å². The van der Waals surface area contributed by atoms with Gasteiger partial charge >= 0.3 is 0 Å². The fourth-order valence-corrected chi connectivity index (χ4v) is 1.79. The standard InChI is InChI=1S/C14H16FNO/c1-2-11-7-8-14(17-11)13(16)9-10-5-3-4-6-12(10)15/h3-8,13H,2,9,16H2,1H3. The normalized spacial score (nSPS) is 12.6. The Hall–Kier alpha value is -1.61. The Morgan fingerprint density at radius 1 is 1.24 bits per heavy atom. The maximum Gasteiger partial charge on any atom is 0.126 e. The fraction of sp³-hybridized carbons (Fsp3) is 0.286. The zero-order chi connectivity index (χ0) is 12.3. The van der Waals surface area contributed by atoms with E-state index >= 15 is 0 Å². The van der Waals surface area contributed by atoms with Crippen LogP contribution >= 0.6 is 0 Å². The second kappa shape index (κ2) is 5.15. The number of nitrogens with two attached hydrogens (primary N) is 1. The van der Waals surface area contributed by atoms with E-state index in [0.717, 1.165) is 12.2 Å². The average molecular weight is 233 g/mol. The first-order valence-electron chi connectivity index (χ1n) is 5.78. The number of hydrogen-bond donors (Lipinski definition) is 1. The van der Waals surface area contributed by atoms with E-state index in [1.54, 1.807) is 12.1 Å². The lowest BCUT2D eigenvalue weighted by molar-refractivity contribution is 0.432. The molecule has 0 spiro atoms. The van der Waals surface area contributed by atoms with Crippen LogP contribution in [0, 0.1) is 5.82 Å². The largest absolute Gasteiger partial charge is 0.464 e. The first-order chi connectivity index (χ1) is 8.20. The molecule has 1 aromatic carbocycles. The van der Waals surface area contributed by atoms with E-state index in [9.17, 15) is 4.39 Å². The number of aryl methyl sites for hydroxylation is 1. The van der Waals surface area contributed by atoms with Crippen LogP contribution in [0.1, 0.15) is 30.0 Å². The number of furan rings is 1.